The highest BCUT2D eigenvalue weighted by Crippen LogP contribution is 2.32. The minimum atomic E-state index is 0.759. The van der Waals surface area contributed by atoms with Gasteiger partial charge in [-0.1, -0.05) is 20.3 Å². The Kier molecular flexibility index (Phi) is 7.48. The van der Waals surface area contributed by atoms with Gasteiger partial charge in [0.25, 0.3) is 0 Å². The van der Waals surface area contributed by atoms with Crippen LogP contribution in [0.15, 0.2) is 0 Å². The molecule has 21 heavy (non-hydrogen) atoms. The molecule has 0 radical (unpaired) electrons. The van der Waals surface area contributed by atoms with Crippen LogP contribution in [0.4, 0.5) is 0 Å². The van der Waals surface area contributed by atoms with E-state index >= 15 is 0 Å². The first kappa shape index (κ1) is 17.2. The number of nitrogens with one attached hydrogen (secondary N) is 1. The number of ether oxygens (including phenoxy) is 1. The number of methoxy groups -OCH3 is 1. The lowest BCUT2D eigenvalue weighted by Gasteiger charge is -2.41. The molecule has 2 rings (SSSR count). The molecular formula is C18H36N2O. The molecule has 0 aromatic heterocycles. The summed E-state index contributed by atoms with van der Waals surface area (Å²) >= 11 is 0. The number of rotatable bonds is 7. The molecule has 124 valence electrons. The molecule has 3 heteroatoms. The molecule has 0 amide bonds. The number of hydrogen-bond acceptors (Lipinski definition) is 3. The lowest BCUT2D eigenvalue weighted by atomic mass is 9.76. The molecule has 3 nitrogen and oxygen atoms in total. The van der Waals surface area contributed by atoms with Crippen LogP contribution in [-0.2, 0) is 4.74 Å². The van der Waals surface area contributed by atoms with Crippen LogP contribution in [0.2, 0.25) is 0 Å². The molecule has 2 fully saturated rings. The largest absolute Gasteiger partial charge is 0.384 e. The number of hydrogen-bond donors (Lipinski definition) is 1. The van der Waals surface area contributed by atoms with Gasteiger partial charge in [-0.25, -0.2) is 0 Å². The third kappa shape index (κ3) is 5.22. The van der Waals surface area contributed by atoms with Crippen molar-refractivity contribution < 1.29 is 4.74 Å². The van der Waals surface area contributed by atoms with Crippen LogP contribution < -0.4 is 5.32 Å². The lowest BCUT2D eigenvalue weighted by molar-refractivity contribution is 0.0770. The Hall–Kier alpha value is -0.120. The molecule has 3 atom stereocenters. The van der Waals surface area contributed by atoms with Crippen LogP contribution in [-0.4, -0.2) is 50.8 Å². The molecular weight excluding hydrogens is 260 g/mol. The Bertz CT molecular complexity index is 276. The summed E-state index contributed by atoms with van der Waals surface area (Å²) in [5, 5.41) is 3.75. The fraction of sp³-hybridized carbons (Fsp3) is 1.00. The smallest absolute Gasteiger partial charge is 0.0491 e. The minimum Gasteiger partial charge on any atom is -0.384 e. The molecule has 0 aromatic carbocycles. The summed E-state index contributed by atoms with van der Waals surface area (Å²) < 4.78 is 5.32. The maximum atomic E-state index is 5.32. The fourth-order valence-corrected chi connectivity index (χ4v) is 4.37. The van der Waals surface area contributed by atoms with E-state index in [1.165, 1.54) is 58.2 Å². The molecule has 2 aliphatic rings. The van der Waals surface area contributed by atoms with Crippen LogP contribution in [0.3, 0.4) is 0 Å². The molecule has 1 saturated heterocycles. The zero-order valence-corrected chi connectivity index (χ0v) is 14.4. The number of likely N-dealkylation sites (tertiary alicyclic amines) is 1. The van der Waals surface area contributed by atoms with E-state index in [4.69, 9.17) is 4.74 Å². The topological polar surface area (TPSA) is 24.5 Å². The van der Waals surface area contributed by atoms with E-state index in [1.807, 2.05) is 7.11 Å². The SMILES string of the molecule is CCNC1CCC(CC)CC1CN1CCC(COC)CC1. The third-order valence-corrected chi connectivity index (χ3v) is 5.74. The van der Waals surface area contributed by atoms with E-state index in [9.17, 15) is 0 Å². The maximum absolute atomic E-state index is 5.32. The molecule has 1 saturated carbocycles. The Morgan fingerprint density at radius 3 is 2.43 bits per heavy atom. The summed E-state index contributed by atoms with van der Waals surface area (Å²) in [6.07, 6.45) is 8.27. The van der Waals surface area contributed by atoms with Crippen molar-refractivity contribution in [3.05, 3.63) is 0 Å². The molecule has 0 aromatic rings. The molecule has 0 spiro atoms. The monoisotopic (exact) mass is 296 g/mol. The molecule has 1 N–H and O–H groups in total. The van der Waals surface area contributed by atoms with Crippen LogP contribution in [0, 0.1) is 17.8 Å². The summed E-state index contributed by atoms with van der Waals surface area (Å²) in [6, 6.07) is 0.759. The first-order valence-corrected chi connectivity index (χ1v) is 9.21. The van der Waals surface area contributed by atoms with Crippen molar-refractivity contribution >= 4 is 0 Å². The van der Waals surface area contributed by atoms with Gasteiger partial charge >= 0.3 is 0 Å². The van der Waals surface area contributed by atoms with Crippen LogP contribution in [0.1, 0.15) is 52.4 Å². The molecule has 1 heterocycles. The van der Waals surface area contributed by atoms with Crippen molar-refractivity contribution in [2.75, 3.05) is 39.9 Å². The first-order valence-electron chi connectivity index (χ1n) is 9.21. The van der Waals surface area contributed by atoms with Crippen molar-refractivity contribution in [2.24, 2.45) is 17.8 Å². The second kappa shape index (κ2) is 9.12. The average Bonchev–Trinajstić information content (AvgIpc) is 2.51. The van der Waals surface area contributed by atoms with Gasteiger partial charge in [0.2, 0.25) is 0 Å². The highest BCUT2D eigenvalue weighted by molar-refractivity contribution is 4.87. The van der Waals surface area contributed by atoms with Gasteiger partial charge in [0.15, 0.2) is 0 Å². The van der Waals surface area contributed by atoms with E-state index in [1.54, 1.807) is 0 Å². The highest BCUT2D eigenvalue weighted by Gasteiger charge is 2.31. The van der Waals surface area contributed by atoms with Crippen molar-refractivity contribution in [3.63, 3.8) is 0 Å². The van der Waals surface area contributed by atoms with Gasteiger partial charge in [0.05, 0.1) is 0 Å². The molecule has 1 aliphatic carbocycles. The lowest BCUT2D eigenvalue weighted by Crippen LogP contribution is -2.47. The zero-order valence-electron chi connectivity index (χ0n) is 14.4. The van der Waals surface area contributed by atoms with E-state index in [-0.39, 0.29) is 0 Å². The second-order valence-corrected chi connectivity index (χ2v) is 7.21. The summed E-state index contributed by atoms with van der Waals surface area (Å²) in [6.45, 7) is 10.6. The van der Waals surface area contributed by atoms with Gasteiger partial charge in [-0.3, -0.25) is 0 Å². The Balaban J connectivity index is 1.81. The highest BCUT2D eigenvalue weighted by atomic mass is 16.5. The summed E-state index contributed by atoms with van der Waals surface area (Å²) in [7, 11) is 1.83. The quantitative estimate of drug-likeness (QED) is 0.781. The van der Waals surface area contributed by atoms with Gasteiger partial charge in [-0.15, -0.1) is 0 Å². The van der Waals surface area contributed by atoms with Gasteiger partial charge in [0, 0.05) is 26.3 Å². The molecule has 0 bridgehead atoms. The van der Waals surface area contributed by atoms with Crippen LogP contribution in [0.25, 0.3) is 0 Å². The summed E-state index contributed by atoms with van der Waals surface area (Å²) in [4.78, 5) is 2.72. The second-order valence-electron chi connectivity index (χ2n) is 7.21. The Morgan fingerprint density at radius 1 is 1.05 bits per heavy atom. The van der Waals surface area contributed by atoms with Gasteiger partial charge in [-0.05, 0) is 69.5 Å². The summed E-state index contributed by atoms with van der Waals surface area (Å²) in [5.74, 6) is 2.63. The summed E-state index contributed by atoms with van der Waals surface area (Å²) in [5.41, 5.74) is 0. The normalized spacial score (nSPS) is 32.4. The molecule has 1 aliphatic heterocycles. The first-order chi connectivity index (χ1) is 10.3. The van der Waals surface area contributed by atoms with E-state index < -0.39 is 0 Å². The van der Waals surface area contributed by atoms with Gasteiger partial charge in [-0.2, -0.15) is 0 Å². The average molecular weight is 296 g/mol. The minimum absolute atomic E-state index is 0.759. The van der Waals surface area contributed by atoms with Crippen molar-refractivity contribution in [3.8, 4) is 0 Å². The third-order valence-electron chi connectivity index (χ3n) is 5.74. The van der Waals surface area contributed by atoms with Crippen LogP contribution in [0.5, 0.6) is 0 Å². The molecule has 3 unspecified atom stereocenters. The Labute approximate surface area is 131 Å². The van der Waals surface area contributed by atoms with E-state index in [2.05, 4.69) is 24.1 Å². The van der Waals surface area contributed by atoms with E-state index in [0.717, 1.165) is 36.9 Å². The standard InChI is InChI=1S/C18H36N2O/c1-4-15-6-7-18(19-5-2)17(12-15)13-20-10-8-16(9-11-20)14-21-3/h15-19H,4-14H2,1-3H3. The zero-order chi connectivity index (χ0) is 15.1. The fourth-order valence-electron chi connectivity index (χ4n) is 4.37. The predicted molar refractivity (Wildman–Crippen MR) is 89.6 cm³/mol. The number of nitrogens with zero attached hydrogens (tertiary/aromatic N) is 1. The van der Waals surface area contributed by atoms with E-state index in [0.29, 0.717) is 0 Å². The number of piperidine rings is 1. The van der Waals surface area contributed by atoms with Crippen molar-refractivity contribution in [1.82, 2.24) is 10.2 Å². The Morgan fingerprint density at radius 2 is 1.81 bits per heavy atom. The van der Waals surface area contributed by atoms with Crippen molar-refractivity contribution in [1.29, 1.82) is 0 Å². The van der Waals surface area contributed by atoms with Gasteiger partial charge in [0.1, 0.15) is 0 Å². The van der Waals surface area contributed by atoms with Gasteiger partial charge < -0.3 is 15.0 Å². The predicted octanol–water partition coefficient (Wildman–Crippen LogP) is 3.15. The maximum Gasteiger partial charge on any atom is 0.0491 e. The van der Waals surface area contributed by atoms with Crippen molar-refractivity contribution in [2.45, 2.75) is 58.4 Å². The van der Waals surface area contributed by atoms with Crippen LogP contribution >= 0.6 is 0 Å².